The number of fused-ring (bicyclic) bond motifs is 3. The Morgan fingerprint density at radius 1 is 1.04 bits per heavy atom. The maximum absolute atomic E-state index is 11.3. The molecule has 5 rings (SSSR count). The normalized spacial score (nSPS) is 29.3. The number of piperidine rings is 1. The summed E-state index contributed by atoms with van der Waals surface area (Å²) in [6, 6.07) is 10.6. The Hall–Kier alpha value is -2.47. The van der Waals surface area contributed by atoms with E-state index in [2.05, 4.69) is 24.8 Å². The minimum Gasteiger partial charge on any atom is -0.385 e. The van der Waals surface area contributed by atoms with Gasteiger partial charge in [-0.1, -0.05) is 30.3 Å². The summed E-state index contributed by atoms with van der Waals surface area (Å²) in [5, 5.41) is 11.3. The highest BCUT2D eigenvalue weighted by molar-refractivity contribution is 5.83. The second-order valence-electron chi connectivity index (χ2n) is 6.90. The van der Waals surface area contributed by atoms with Gasteiger partial charge in [-0.3, -0.25) is 0 Å². The van der Waals surface area contributed by atoms with Crippen LogP contribution in [0.3, 0.4) is 0 Å². The van der Waals surface area contributed by atoms with Gasteiger partial charge < -0.3 is 15.0 Å². The first-order valence-electron chi connectivity index (χ1n) is 8.45. The van der Waals surface area contributed by atoms with E-state index in [0.717, 1.165) is 42.6 Å². The Morgan fingerprint density at radius 3 is 2.54 bits per heavy atom. The van der Waals surface area contributed by atoms with E-state index in [1.54, 1.807) is 12.7 Å². The van der Waals surface area contributed by atoms with Gasteiger partial charge in [-0.25, -0.2) is 15.0 Å². The van der Waals surface area contributed by atoms with Crippen molar-refractivity contribution in [2.75, 3.05) is 4.90 Å². The fourth-order valence-electron chi connectivity index (χ4n) is 4.50. The predicted octanol–water partition coefficient (Wildman–Crippen LogP) is 2.37. The lowest BCUT2D eigenvalue weighted by Crippen LogP contribution is -2.50. The lowest BCUT2D eigenvalue weighted by molar-refractivity contribution is -0.00313. The largest absolute Gasteiger partial charge is 0.385 e. The Balaban J connectivity index is 1.53. The smallest absolute Gasteiger partial charge is 0.182 e. The van der Waals surface area contributed by atoms with Crippen molar-refractivity contribution in [3.8, 4) is 0 Å². The number of aromatic nitrogens is 4. The zero-order chi connectivity index (χ0) is 16.1. The molecule has 24 heavy (non-hydrogen) atoms. The van der Waals surface area contributed by atoms with E-state index in [1.165, 1.54) is 0 Å². The third kappa shape index (κ3) is 1.96. The fourth-order valence-corrected chi connectivity index (χ4v) is 4.50. The van der Waals surface area contributed by atoms with Crippen LogP contribution in [0.4, 0.5) is 5.82 Å². The number of H-pyrrole nitrogens is 1. The van der Waals surface area contributed by atoms with E-state index in [4.69, 9.17) is 0 Å². The molecule has 2 atom stereocenters. The van der Waals surface area contributed by atoms with Crippen molar-refractivity contribution in [1.82, 2.24) is 19.9 Å². The molecule has 2 fully saturated rings. The summed E-state index contributed by atoms with van der Waals surface area (Å²) in [6.07, 6.45) is 6.87. The van der Waals surface area contributed by atoms with Gasteiger partial charge in [0.15, 0.2) is 11.5 Å². The molecule has 2 saturated heterocycles. The third-order valence-corrected chi connectivity index (χ3v) is 5.53. The van der Waals surface area contributed by atoms with E-state index >= 15 is 0 Å². The molecule has 2 N–H and O–H groups in total. The van der Waals surface area contributed by atoms with Crippen molar-refractivity contribution >= 4 is 17.0 Å². The molecule has 0 saturated carbocycles. The number of rotatable bonds is 2. The second-order valence-corrected chi connectivity index (χ2v) is 6.90. The van der Waals surface area contributed by atoms with Crippen molar-refractivity contribution in [3.63, 3.8) is 0 Å². The van der Waals surface area contributed by atoms with Crippen LogP contribution >= 0.6 is 0 Å². The van der Waals surface area contributed by atoms with Crippen LogP contribution in [0, 0.1) is 0 Å². The van der Waals surface area contributed by atoms with Gasteiger partial charge in [0.2, 0.25) is 0 Å². The van der Waals surface area contributed by atoms with Crippen molar-refractivity contribution in [2.45, 2.75) is 43.4 Å². The molecule has 2 aromatic heterocycles. The van der Waals surface area contributed by atoms with E-state index in [1.807, 2.05) is 30.3 Å². The molecule has 122 valence electrons. The Kier molecular flexibility index (Phi) is 2.91. The lowest BCUT2D eigenvalue weighted by atomic mass is 9.80. The van der Waals surface area contributed by atoms with E-state index in [-0.39, 0.29) is 12.1 Å². The molecule has 0 radical (unpaired) electrons. The first-order chi connectivity index (χ1) is 11.7. The Morgan fingerprint density at radius 2 is 1.79 bits per heavy atom. The summed E-state index contributed by atoms with van der Waals surface area (Å²) in [4.78, 5) is 18.5. The molecule has 0 amide bonds. The quantitative estimate of drug-likeness (QED) is 0.758. The number of benzene rings is 1. The summed E-state index contributed by atoms with van der Waals surface area (Å²) in [7, 11) is 0. The Labute approximate surface area is 139 Å². The highest BCUT2D eigenvalue weighted by atomic mass is 16.3. The fraction of sp³-hybridized carbons (Fsp3) is 0.389. The lowest BCUT2D eigenvalue weighted by Gasteiger charge is -2.44. The first-order valence-corrected chi connectivity index (χ1v) is 8.45. The standard InChI is InChI=1S/C18H19N5O/c24-18(12-4-2-1-3-5-12)8-13-6-7-14(9-18)23(13)17-15-16(20-10-19-15)21-11-22-17/h1-5,10-11,13-14,24H,6-9H2,(H,19,20,21,22)/t13-,14-/m0/s1. The van der Waals surface area contributed by atoms with Crippen LogP contribution in [-0.2, 0) is 5.60 Å². The average Bonchev–Trinajstić information content (AvgIpc) is 3.19. The molecule has 0 unspecified atom stereocenters. The molecule has 4 heterocycles. The SMILES string of the molecule is OC1(c2ccccc2)C[C@@H]2CC[C@@H](C1)N2c1ncnc2nc[nH]c12. The summed E-state index contributed by atoms with van der Waals surface area (Å²) >= 11 is 0. The molecule has 6 nitrogen and oxygen atoms in total. The average molecular weight is 321 g/mol. The van der Waals surface area contributed by atoms with Crippen molar-refractivity contribution in [2.24, 2.45) is 0 Å². The minimum absolute atomic E-state index is 0.287. The van der Waals surface area contributed by atoms with Crippen LogP contribution in [0.25, 0.3) is 11.2 Å². The van der Waals surface area contributed by atoms with Gasteiger partial charge in [-0.2, -0.15) is 0 Å². The van der Waals surface area contributed by atoms with Gasteiger partial charge in [0.1, 0.15) is 11.8 Å². The molecular weight excluding hydrogens is 302 g/mol. The van der Waals surface area contributed by atoms with Gasteiger partial charge in [-0.15, -0.1) is 0 Å². The number of hydrogen-bond donors (Lipinski definition) is 2. The molecule has 1 aromatic carbocycles. The third-order valence-electron chi connectivity index (χ3n) is 5.53. The van der Waals surface area contributed by atoms with Gasteiger partial charge >= 0.3 is 0 Å². The van der Waals surface area contributed by atoms with Crippen LogP contribution in [0.2, 0.25) is 0 Å². The second kappa shape index (κ2) is 5.01. The van der Waals surface area contributed by atoms with Crippen molar-refractivity contribution in [1.29, 1.82) is 0 Å². The van der Waals surface area contributed by atoms with Crippen LogP contribution in [-0.4, -0.2) is 37.1 Å². The van der Waals surface area contributed by atoms with E-state index < -0.39 is 5.60 Å². The van der Waals surface area contributed by atoms with Gasteiger partial charge in [0.05, 0.1) is 11.9 Å². The van der Waals surface area contributed by atoms with Gasteiger partial charge in [0.25, 0.3) is 0 Å². The first kappa shape index (κ1) is 13.9. The van der Waals surface area contributed by atoms with Gasteiger partial charge in [-0.05, 0) is 18.4 Å². The molecule has 3 aromatic rings. The number of nitrogens with zero attached hydrogens (tertiary/aromatic N) is 4. The number of aromatic amines is 1. The molecule has 0 aliphatic carbocycles. The summed E-state index contributed by atoms with van der Waals surface area (Å²) in [5.41, 5.74) is 1.86. The number of hydrogen-bond acceptors (Lipinski definition) is 5. The maximum atomic E-state index is 11.3. The number of nitrogens with one attached hydrogen (secondary N) is 1. The predicted molar refractivity (Wildman–Crippen MR) is 90.5 cm³/mol. The molecule has 2 bridgehead atoms. The van der Waals surface area contributed by atoms with Crippen molar-refractivity contribution < 1.29 is 5.11 Å². The van der Waals surface area contributed by atoms with Crippen LogP contribution in [0.15, 0.2) is 43.0 Å². The molecule has 6 heteroatoms. The van der Waals surface area contributed by atoms with Crippen LogP contribution in [0.5, 0.6) is 0 Å². The summed E-state index contributed by atoms with van der Waals surface area (Å²) < 4.78 is 0. The van der Waals surface area contributed by atoms with E-state index in [0.29, 0.717) is 5.65 Å². The maximum Gasteiger partial charge on any atom is 0.182 e. The zero-order valence-corrected chi connectivity index (χ0v) is 13.3. The van der Waals surface area contributed by atoms with Crippen molar-refractivity contribution in [3.05, 3.63) is 48.5 Å². The Bertz CT molecular complexity index is 863. The molecule has 0 spiro atoms. The van der Waals surface area contributed by atoms with Crippen LogP contribution in [0.1, 0.15) is 31.2 Å². The number of aliphatic hydroxyl groups is 1. The molecule has 2 aliphatic heterocycles. The summed E-state index contributed by atoms with van der Waals surface area (Å²) in [5.74, 6) is 0.917. The highest BCUT2D eigenvalue weighted by Gasteiger charge is 2.49. The topological polar surface area (TPSA) is 77.9 Å². The van der Waals surface area contributed by atoms with Gasteiger partial charge in [0, 0.05) is 24.9 Å². The number of anilines is 1. The molecular formula is C18H19N5O. The minimum atomic E-state index is -0.746. The summed E-state index contributed by atoms with van der Waals surface area (Å²) in [6.45, 7) is 0. The molecule has 2 aliphatic rings. The van der Waals surface area contributed by atoms with E-state index in [9.17, 15) is 5.11 Å². The number of imidazole rings is 1. The zero-order valence-electron chi connectivity index (χ0n) is 13.3. The monoisotopic (exact) mass is 321 g/mol. The highest BCUT2D eigenvalue weighted by Crippen LogP contribution is 2.47. The van der Waals surface area contributed by atoms with Crippen LogP contribution < -0.4 is 4.90 Å².